The first-order valence-electron chi connectivity index (χ1n) is 11.2. The van der Waals surface area contributed by atoms with Crippen LogP contribution < -0.4 is 10.9 Å². The summed E-state index contributed by atoms with van der Waals surface area (Å²) in [5.74, 6) is 0. The van der Waals surface area contributed by atoms with Gasteiger partial charge in [0, 0.05) is 34.1 Å². The third-order valence-electron chi connectivity index (χ3n) is 7.59. The van der Waals surface area contributed by atoms with Crippen molar-refractivity contribution in [1.29, 1.82) is 0 Å². The number of hydrogen-bond acceptors (Lipinski definition) is 6. The fourth-order valence-corrected chi connectivity index (χ4v) is 4.04. The molecule has 5 rings (SSSR count). The van der Waals surface area contributed by atoms with E-state index in [2.05, 4.69) is 79.7 Å². The maximum atomic E-state index is 6.19. The molecular weight excluding hydrogens is 402 g/mol. The largest absolute Gasteiger partial charge is 0.496 e. The molecular formula is C24H30B2N2O4. The van der Waals surface area contributed by atoms with Crippen molar-refractivity contribution in [2.24, 2.45) is 0 Å². The molecule has 2 fully saturated rings. The molecule has 0 aliphatic carbocycles. The van der Waals surface area contributed by atoms with Gasteiger partial charge in [-0.3, -0.25) is 9.97 Å². The van der Waals surface area contributed by atoms with Gasteiger partial charge in [-0.15, -0.1) is 0 Å². The molecule has 0 N–H and O–H groups in total. The van der Waals surface area contributed by atoms with E-state index in [1.54, 1.807) is 0 Å². The summed E-state index contributed by atoms with van der Waals surface area (Å²) in [5.41, 5.74) is 1.96. The molecule has 0 amide bonds. The molecule has 2 aliphatic heterocycles. The maximum absolute atomic E-state index is 6.19. The first-order chi connectivity index (χ1) is 14.8. The fraction of sp³-hybridized carbons (Fsp3) is 0.500. The minimum absolute atomic E-state index is 0.387. The summed E-state index contributed by atoms with van der Waals surface area (Å²) >= 11 is 0. The molecule has 8 heteroatoms. The van der Waals surface area contributed by atoms with E-state index in [9.17, 15) is 0 Å². The second-order valence-corrected chi connectivity index (χ2v) is 10.9. The Hall–Kier alpha value is -1.99. The van der Waals surface area contributed by atoms with Gasteiger partial charge in [-0.05, 0) is 55.4 Å². The Balaban J connectivity index is 1.49. The van der Waals surface area contributed by atoms with Crippen LogP contribution in [0.25, 0.3) is 21.8 Å². The van der Waals surface area contributed by atoms with Gasteiger partial charge in [-0.1, -0.05) is 24.3 Å². The van der Waals surface area contributed by atoms with Gasteiger partial charge in [0.15, 0.2) is 0 Å². The normalized spacial score (nSPS) is 23.4. The Morgan fingerprint density at radius 3 is 1.19 bits per heavy atom. The zero-order valence-corrected chi connectivity index (χ0v) is 20.1. The van der Waals surface area contributed by atoms with Crippen molar-refractivity contribution in [2.45, 2.75) is 77.8 Å². The zero-order valence-electron chi connectivity index (χ0n) is 20.1. The minimum Gasteiger partial charge on any atom is -0.399 e. The lowest BCUT2D eigenvalue weighted by molar-refractivity contribution is 0.00578. The quantitative estimate of drug-likeness (QED) is 0.457. The highest BCUT2D eigenvalue weighted by atomic mass is 16.7. The molecule has 4 heterocycles. The van der Waals surface area contributed by atoms with Gasteiger partial charge in [0.2, 0.25) is 0 Å². The van der Waals surface area contributed by atoms with Crippen LogP contribution in [0.15, 0.2) is 36.7 Å². The predicted octanol–water partition coefficient (Wildman–Crippen LogP) is 3.38. The molecule has 2 saturated heterocycles. The summed E-state index contributed by atoms with van der Waals surface area (Å²) in [6, 6.07) is 8.28. The fourth-order valence-electron chi connectivity index (χ4n) is 4.04. The Morgan fingerprint density at radius 1 is 0.562 bits per heavy atom. The van der Waals surface area contributed by atoms with Crippen molar-refractivity contribution in [3.05, 3.63) is 36.7 Å². The number of rotatable bonds is 2. The smallest absolute Gasteiger partial charge is 0.399 e. The van der Waals surface area contributed by atoms with Gasteiger partial charge in [0.05, 0.1) is 33.4 Å². The molecule has 0 radical (unpaired) electrons. The lowest BCUT2D eigenvalue weighted by atomic mass is 9.79. The lowest BCUT2D eigenvalue weighted by Crippen LogP contribution is -2.41. The molecule has 2 aliphatic rings. The third kappa shape index (κ3) is 3.27. The summed E-state index contributed by atoms with van der Waals surface area (Å²) in [5, 5.41) is 2.00. The van der Waals surface area contributed by atoms with E-state index in [0.29, 0.717) is 0 Å². The topological polar surface area (TPSA) is 62.7 Å². The molecule has 6 nitrogen and oxygen atoms in total. The van der Waals surface area contributed by atoms with Crippen LogP contribution >= 0.6 is 0 Å². The molecule has 3 aromatic rings. The average Bonchev–Trinajstić information content (AvgIpc) is 3.06. The molecule has 166 valence electrons. The second kappa shape index (κ2) is 6.76. The van der Waals surface area contributed by atoms with Crippen LogP contribution in [0.4, 0.5) is 0 Å². The van der Waals surface area contributed by atoms with Crippen molar-refractivity contribution in [3.63, 3.8) is 0 Å². The van der Waals surface area contributed by atoms with E-state index < -0.39 is 14.2 Å². The van der Waals surface area contributed by atoms with E-state index in [4.69, 9.17) is 28.6 Å². The average molecular weight is 432 g/mol. The Morgan fingerprint density at radius 2 is 0.875 bits per heavy atom. The standard InChI is InChI=1S/C24H30B2N2O4/c1-21(2)22(3,4)30-25(29-21)17-11-15-9-10-16-12-18(14-28-20(16)19(15)27-13-17)26-31-23(5,6)24(7,8)32-26/h9-14H,1-8H3. The van der Waals surface area contributed by atoms with Crippen molar-refractivity contribution in [3.8, 4) is 0 Å². The molecule has 0 unspecified atom stereocenters. The molecule has 0 bridgehead atoms. The van der Waals surface area contributed by atoms with Crippen LogP contribution in [0.1, 0.15) is 55.4 Å². The monoisotopic (exact) mass is 432 g/mol. The Kier molecular flexibility index (Phi) is 4.61. The van der Waals surface area contributed by atoms with Crippen LogP contribution in [-0.4, -0.2) is 46.6 Å². The van der Waals surface area contributed by atoms with E-state index in [1.165, 1.54) is 0 Å². The molecule has 1 aromatic carbocycles. The van der Waals surface area contributed by atoms with Gasteiger partial charge in [0.25, 0.3) is 0 Å². The number of pyridine rings is 2. The highest BCUT2D eigenvalue weighted by molar-refractivity contribution is 6.62. The zero-order chi connectivity index (χ0) is 23.1. The number of fused-ring (bicyclic) bond motifs is 3. The highest BCUT2D eigenvalue weighted by Gasteiger charge is 2.52. The van der Waals surface area contributed by atoms with Crippen molar-refractivity contribution >= 4 is 47.0 Å². The predicted molar refractivity (Wildman–Crippen MR) is 128 cm³/mol. The minimum atomic E-state index is -0.439. The SMILES string of the molecule is CC1(C)OB(c2cnc3c(ccc4cc(B5OC(C)(C)C(C)(C)O5)cnc43)c2)OC1(C)C. The first kappa shape index (κ1) is 21.8. The van der Waals surface area contributed by atoms with E-state index in [1.807, 2.05) is 12.4 Å². The highest BCUT2D eigenvalue weighted by Crippen LogP contribution is 2.37. The lowest BCUT2D eigenvalue weighted by Gasteiger charge is -2.32. The molecule has 0 atom stereocenters. The first-order valence-corrected chi connectivity index (χ1v) is 11.2. The summed E-state index contributed by atoms with van der Waals surface area (Å²) in [6.45, 7) is 16.4. The number of nitrogens with zero attached hydrogens (tertiary/aromatic N) is 2. The van der Waals surface area contributed by atoms with E-state index in [0.717, 1.165) is 32.7 Å². The molecule has 32 heavy (non-hydrogen) atoms. The summed E-state index contributed by atoms with van der Waals surface area (Å²) in [6.07, 6.45) is 3.65. The second-order valence-electron chi connectivity index (χ2n) is 10.9. The van der Waals surface area contributed by atoms with Crippen LogP contribution in [-0.2, 0) is 18.6 Å². The van der Waals surface area contributed by atoms with E-state index in [-0.39, 0.29) is 22.4 Å². The van der Waals surface area contributed by atoms with Crippen molar-refractivity contribution in [2.75, 3.05) is 0 Å². The molecule has 2 aromatic heterocycles. The van der Waals surface area contributed by atoms with Crippen LogP contribution in [0.3, 0.4) is 0 Å². The summed E-state index contributed by atoms with van der Waals surface area (Å²) in [4.78, 5) is 9.48. The van der Waals surface area contributed by atoms with Crippen LogP contribution in [0, 0.1) is 0 Å². The number of benzene rings is 1. The van der Waals surface area contributed by atoms with Crippen LogP contribution in [0.2, 0.25) is 0 Å². The van der Waals surface area contributed by atoms with Crippen LogP contribution in [0.5, 0.6) is 0 Å². The van der Waals surface area contributed by atoms with Gasteiger partial charge >= 0.3 is 14.2 Å². The maximum Gasteiger partial charge on any atom is 0.496 e. The van der Waals surface area contributed by atoms with Crippen molar-refractivity contribution in [1.82, 2.24) is 9.97 Å². The van der Waals surface area contributed by atoms with Gasteiger partial charge in [-0.25, -0.2) is 0 Å². The summed E-state index contributed by atoms with van der Waals surface area (Å²) in [7, 11) is -0.877. The van der Waals surface area contributed by atoms with Gasteiger partial charge < -0.3 is 18.6 Å². The summed E-state index contributed by atoms with van der Waals surface area (Å²) < 4.78 is 24.7. The van der Waals surface area contributed by atoms with Gasteiger partial charge in [-0.2, -0.15) is 0 Å². The van der Waals surface area contributed by atoms with E-state index >= 15 is 0 Å². The third-order valence-corrected chi connectivity index (χ3v) is 7.59. The molecule has 0 spiro atoms. The number of hydrogen-bond donors (Lipinski definition) is 0. The Bertz CT molecular complexity index is 1100. The molecule has 0 saturated carbocycles. The Labute approximate surface area is 190 Å². The number of aromatic nitrogens is 2. The van der Waals surface area contributed by atoms with Gasteiger partial charge in [0.1, 0.15) is 0 Å². The van der Waals surface area contributed by atoms with Crippen molar-refractivity contribution < 1.29 is 18.6 Å².